The lowest BCUT2D eigenvalue weighted by Crippen LogP contribution is -2.60. The number of ketones is 1. The number of benzene rings is 2. The molecule has 10 heteroatoms. The molecule has 1 fully saturated rings. The van der Waals surface area contributed by atoms with Crippen LogP contribution in [0.4, 0.5) is 0 Å². The first kappa shape index (κ1) is 23.5. The number of rotatable bonds is 7. The zero-order valence-electron chi connectivity index (χ0n) is 17.0. The second-order valence-corrected chi connectivity index (χ2v) is 7.12. The van der Waals surface area contributed by atoms with E-state index >= 15 is 0 Å². The quantitative estimate of drug-likeness (QED) is 0.254. The van der Waals surface area contributed by atoms with Gasteiger partial charge in [0.05, 0.1) is 13.7 Å². The van der Waals surface area contributed by atoms with E-state index in [9.17, 15) is 35.4 Å². The van der Waals surface area contributed by atoms with Crippen LogP contribution in [0.2, 0.25) is 0 Å². The molecule has 0 unspecified atom stereocenters. The van der Waals surface area contributed by atoms with Crippen LogP contribution in [-0.4, -0.2) is 80.8 Å². The predicted molar refractivity (Wildman–Crippen MR) is 111 cm³/mol. The number of allylic oxidation sites excluding steroid dienone is 1. The van der Waals surface area contributed by atoms with Gasteiger partial charge in [-0.3, -0.25) is 4.79 Å². The lowest BCUT2D eigenvalue weighted by atomic mass is 9.99. The average molecular weight is 448 g/mol. The van der Waals surface area contributed by atoms with Gasteiger partial charge in [-0.15, -0.1) is 0 Å². The number of hydrogen-bond donors (Lipinski definition) is 6. The zero-order chi connectivity index (χ0) is 23.4. The summed E-state index contributed by atoms with van der Waals surface area (Å²) in [6.07, 6.45) is -4.73. The highest BCUT2D eigenvalue weighted by molar-refractivity contribution is 6.10. The molecule has 2 aromatic rings. The van der Waals surface area contributed by atoms with Gasteiger partial charge in [-0.2, -0.15) is 0 Å². The molecular weight excluding hydrogens is 424 g/mol. The van der Waals surface area contributed by atoms with Crippen LogP contribution < -0.4 is 9.47 Å². The van der Waals surface area contributed by atoms with Gasteiger partial charge < -0.3 is 44.8 Å². The van der Waals surface area contributed by atoms with Crippen LogP contribution >= 0.6 is 0 Å². The zero-order valence-corrected chi connectivity index (χ0v) is 17.0. The molecule has 6 N–H and O–H groups in total. The van der Waals surface area contributed by atoms with Crippen molar-refractivity contribution in [3.63, 3.8) is 0 Å². The number of hydrogen-bond acceptors (Lipinski definition) is 10. The summed E-state index contributed by atoms with van der Waals surface area (Å²) in [7, 11) is 1.28. The van der Waals surface area contributed by atoms with Gasteiger partial charge in [-0.1, -0.05) is 18.2 Å². The maximum atomic E-state index is 12.6. The Balaban J connectivity index is 1.81. The minimum absolute atomic E-state index is 0.0232. The Morgan fingerprint density at radius 2 is 1.75 bits per heavy atom. The fourth-order valence-electron chi connectivity index (χ4n) is 3.19. The first-order chi connectivity index (χ1) is 15.2. The molecule has 1 aliphatic heterocycles. The Kier molecular flexibility index (Phi) is 7.33. The largest absolute Gasteiger partial charge is 0.508 e. The molecule has 1 heterocycles. The van der Waals surface area contributed by atoms with E-state index in [2.05, 4.69) is 0 Å². The van der Waals surface area contributed by atoms with Crippen molar-refractivity contribution in [3.8, 4) is 23.0 Å². The highest BCUT2D eigenvalue weighted by Crippen LogP contribution is 2.35. The smallest absolute Gasteiger partial charge is 0.229 e. The number of phenolic OH excluding ortho intramolecular Hbond substituents is 2. The summed E-state index contributed by atoms with van der Waals surface area (Å²) in [4.78, 5) is 12.6. The summed E-state index contributed by atoms with van der Waals surface area (Å²) >= 11 is 0. The van der Waals surface area contributed by atoms with Gasteiger partial charge in [0, 0.05) is 12.1 Å². The third kappa shape index (κ3) is 5.01. The van der Waals surface area contributed by atoms with E-state index in [0.29, 0.717) is 5.56 Å². The van der Waals surface area contributed by atoms with E-state index in [-0.39, 0.29) is 22.8 Å². The molecule has 0 saturated carbocycles. The minimum atomic E-state index is -1.64. The number of carbonyl (C=O) groups excluding carboxylic acids is 1. The molecule has 0 aromatic heterocycles. The van der Waals surface area contributed by atoms with Crippen LogP contribution in [0.3, 0.4) is 0 Å². The van der Waals surface area contributed by atoms with Gasteiger partial charge in [0.15, 0.2) is 5.78 Å². The minimum Gasteiger partial charge on any atom is -0.508 e. The lowest BCUT2D eigenvalue weighted by molar-refractivity contribution is -0.277. The molecule has 172 valence electrons. The third-order valence-corrected chi connectivity index (χ3v) is 4.94. The van der Waals surface area contributed by atoms with Crippen LogP contribution in [0.5, 0.6) is 23.0 Å². The standard InChI is InChI=1S/C22H24O10/c1-30-16-9-13(31-22-21(29)20(28)19(27)17(10-23)32-22)8-15(26)18(16)14(25)7-4-11-2-5-12(24)6-3-11/h2-9,17,19-24,26-29H,10H2,1H3/b7-4+/t17-,19+,20-,21+,22+/m0/s1. The average Bonchev–Trinajstić information content (AvgIpc) is 2.78. The van der Waals surface area contributed by atoms with Crippen molar-refractivity contribution in [3.05, 3.63) is 53.6 Å². The normalized spacial score (nSPS) is 25.6. The molecule has 0 radical (unpaired) electrons. The summed E-state index contributed by atoms with van der Waals surface area (Å²) in [5, 5.41) is 58.8. The van der Waals surface area contributed by atoms with Crippen LogP contribution in [-0.2, 0) is 4.74 Å². The van der Waals surface area contributed by atoms with Crippen LogP contribution in [0, 0.1) is 0 Å². The monoisotopic (exact) mass is 448 g/mol. The summed E-state index contributed by atoms with van der Waals surface area (Å²) in [5.41, 5.74) is 0.515. The van der Waals surface area contributed by atoms with Crippen molar-refractivity contribution in [2.24, 2.45) is 0 Å². The van der Waals surface area contributed by atoms with Gasteiger partial charge in [0.2, 0.25) is 6.29 Å². The number of ether oxygens (including phenoxy) is 3. The van der Waals surface area contributed by atoms with Crippen molar-refractivity contribution in [2.75, 3.05) is 13.7 Å². The van der Waals surface area contributed by atoms with Gasteiger partial charge in [0.25, 0.3) is 0 Å². The number of aliphatic hydroxyl groups excluding tert-OH is 4. The predicted octanol–water partition coefficient (Wildman–Crippen LogP) is 0.181. The SMILES string of the molecule is COc1cc(O[C@@H]2O[C@@H](CO)[C@@H](O)[C@H](O)[C@H]2O)cc(O)c1C(=O)/C=C/c1ccc(O)cc1. The molecule has 1 aliphatic rings. The Labute approximate surface area is 183 Å². The number of carbonyl (C=O) groups is 1. The molecule has 3 rings (SSSR count). The second kappa shape index (κ2) is 9.98. The van der Waals surface area contributed by atoms with E-state index in [0.717, 1.165) is 6.07 Å². The topological polar surface area (TPSA) is 166 Å². The Morgan fingerprint density at radius 1 is 1.06 bits per heavy atom. The van der Waals surface area contributed by atoms with Gasteiger partial charge in [-0.05, 0) is 23.8 Å². The molecule has 0 amide bonds. The van der Waals surface area contributed by atoms with Gasteiger partial charge in [-0.25, -0.2) is 0 Å². The summed E-state index contributed by atoms with van der Waals surface area (Å²) in [5.74, 6) is -1.02. The summed E-state index contributed by atoms with van der Waals surface area (Å²) in [6, 6.07) is 8.52. The Morgan fingerprint density at radius 3 is 2.38 bits per heavy atom. The van der Waals surface area contributed by atoms with Crippen molar-refractivity contribution in [2.45, 2.75) is 30.7 Å². The fraction of sp³-hybridized carbons (Fsp3) is 0.318. The van der Waals surface area contributed by atoms with Crippen molar-refractivity contribution in [1.82, 2.24) is 0 Å². The van der Waals surface area contributed by atoms with E-state index in [1.165, 1.54) is 37.5 Å². The molecule has 10 nitrogen and oxygen atoms in total. The molecule has 1 saturated heterocycles. The van der Waals surface area contributed by atoms with Crippen LogP contribution in [0.1, 0.15) is 15.9 Å². The molecule has 32 heavy (non-hydrogen) atoms. The van der Waals surface area contributed by atoms with Gasteiger partial charge in [0.1, 0.15) is 53.0 Å². The lowest BCUT2D eigenvalue weighted by Gasteiger charge is -2.39. The highest BCUT2D eigenvalue weighted by atomic mass is 16.7. The van der Waals surface area contributed by atoms with Crippen molar-refractivity contribution < 1.29 is 49.6 Å². The summed E-state index contributed by atoms with van der Waals surface area (Å²) in [6.45, 7) is -0.625. The first-order valence-electron chi connectivity index (χ1n) is 9.64. The molecule has 0 bridgehead atoms. The van der Waals surface area contributed by atoms with Crippen molar-refractivity contribution >= 4 is 11.9 Å². The Bertz CT molecular complexity index is 969. The van der Waals surface area contributed by atoms with E-state index < -0.39 is 48.8 Å². The summed E-state index contributed by atoms with van der Waals surface area (Å²) < 4.78 is 15.9. The maximum absolute atomic E-state index is 12.6. The van der Waals surface area contributed by atoms with E-state index in [4.69, 9.17) is 14.2 Å². The highest BCUT2D eigenvalue weighted by Gasteiger charge is 2.44. The Hall–Kier alpha value is -3.15. The molecule has 0 aliphatic carbocycles. The van der Waals surface area contributed by atoms with Crippen molar-refractivity contribution in [1.29, 1.82) is 0 Å². The third-order valence-electron chi connectivity index (χ3n) is 4.94. The van der Waals surface area contributed by atoms with E-state index in [1.54, 1.807) is 12.1 Å². The number of methoxy groups -OCH3 is 1. The van der Waals surface area contributed by atoms with Gasteiger partial charge >= 0.3 is 0 Å². The van der Waals surface area contributed by atoms with E-state index in [1.807, 2.05) is 0 Å². The molecule has 2 aromatic carbocycles. The number of aliphatic hydroxyl groups is 4. The molecule has 0 spiro atoms. The first-order valence-corrected chi connectivity index (χ1v) is 9.64. The second-order valence-electron chi connectivity index (χ2n) is 7.12. The maximum Gasteiger partial charge on any atom is 0.229 e. The number of phenols is 2. The molecular formula is C22H24O10. The molecule has 5 atom stereocenters. The van der Waals surface area contributed by atoms with Crippen LogP contribution in [0.15, 0.2) is 42.5 Å². The fourth-order valence-corrected chi connectivity index (χ4v) is 3.19. The van der Waals surface area contributed by atoms with Crippen LogP contribution in [0.25, 0.3) is 6.08 Å². The number of aromatic hydroxyl groups is 2.